The number of nitrogens with zero attached hydrogens (tertiary/aromatic N) is 2. The topological polar surface area (TPSA) is 132 Å². The number of methoxy groups -OCH3 is 2. The molecule has 0 aliphatic heterocycles. The van der Waals surface area contributed by atoms with Crippen LogP contribution in [-0.4, -0.2) is 47.9 Å². The molecule has 0 atom stereocenters. The smallest absolute Gasteiger partial charge is 0.257 e. The number of thioether (sulfide) groups is 1. The van der Waals surface area contributed by atoms with Crippen LogP contribution in [0.4, 0.5) is 16.5 Å². The molecule has 0 fully saturated rings. The van der Waals surface area contributed by atoms with Crippen LogP contribution < -0.4 is 25.4 Å². The number of anilines is 3. The van der Waals surface area contributed by atoms with Crippen molar-refractivity contribution in [3.63, 3.8) is 0 Å². The predicted molar refractivity (Wildman–Crippen MR) is 128 cm³/mol. The van der Waals surface area contributed by atoms with E-state index in [0.717, 1.165) is 11.3 Å². The Hall–Kier alpha value is -3.64. The second-order valence-electron chi connectivity index (χ2n) is 6.53. The van der Waals surface area contributed by atoms with Crippen molar-refractivity contribution in [1.29, 1.82) is 0 Å². The highest BCUT2D eigenvalue weighted by atomic mass is 32.2. The van der Waals surface area contributed by atoms with Crippen molar-refractivity contribution in [3.8, 4) is 11.5 Å². The maximum Gasteiger partial charge on any atom is 0.257 e. The van der Waals surface area contributed by atoms with Gasteiger partial charge in [-0.2, -0.15) is 0 Å². The number of ether oxygens (including phenoxy) is 2. The molecule has 2 aromatic carbocycles. The largest absolute Gasteiger partial charge is 0.497 e. The molecule has 0 aliphatic rings. The Kier molecular flexibility index (Phi) is 8.22. The number of hydrogen-bond acceptors (Lipinski definition) is 9. The van der Waals surface area contributed by atoms with E-state index in [-0.39, 0.29) is 17.6 Å². The second-order valence-corrected chi connectivity index (χ2v) is 8.73. The molecule has 0 spiro atoms. The molecule has 3 amide bonds. The van der Waals surface area contributed by atoms with Crippen molar-refractivity contribution in [2.45, 2.75) is 11.3 Å². The summed E-state index contributed by atoms with van der Waals surface area (Å²) in [5.74, 6) is 0.239. The number of benzene rings is 2. The number of hydrogen-bond donors (Lipinski definition) is 3. The van der Waals surface area contributed by atoms with Gasteiger partial charge in [0.15, 0.2) is 4.34 Å². The summed E-state index contributed by atoms with van der Waals surface area (Å²) in [7, 11) is 3.00. The molecule has 0 saturated heterocycles. The fourth-order valence-corrected chi connectivity index (χ4v) is 4.18. The number of carbonyl (C=O) groups is 3. The number of aromatic nitrogens is 2. The molecule has 0 unspecified atom stereocenters. The lowest BCUT2D eigenvalue weighted by molar-refractivity contribution is -0.114. The predicted octanol–water partition coefficient (Wildman–Crippen LogP) is 3.50. The minimum absolute atomic E-state index is 0.0972. The summed E-state index contributed by atoms with van der Waals surface area (Å²) in [5.41, 5.74) is 1.49. The first-order valence-corrected chi connectivity index (χ1v) is 11.3. The third kappa shape index (κ3) is 7.19. The number of carbonyl (C=O) groups excluding carboxylic acids is 3. The van der Waals surface area contributed by atoms with Crippen LogP contribution >= 0.6 is 23.1 Å². The van der Waals surface area contributed by atoms with Crippen molar-refractivity contribution in [2.24, 2.45) is 0 Å². The van der Waals surface area contributed by atoms with Crippen LogP contribution in [0, 0.1) is 0 Å². The molecule has 0 radical (unpaired) electrons. The van der Waals surface area contributed by atoms with Crippen LogP contribution in [0.2, 0.25) is 0 Å². The maximum atomic E-state index is 12.5. The molecule has 10 nitrogen and oxygen atoms in total. The lowest BCUT2D eigenvalue weighted by atomic mass is 10.2. The minimum atomic E-state index is -0.392. The molecule has 0 bridgehead atoms. The number of amides is 3. The Morgan fingerprint density at radius 2 is 1.61 bits per heavy atom. The number of rotatable bonds is 9. The SMILES string of the molecule is COc1cc(OC)cc(C(=O)Nc2nnc(SCC(=O)Nc3cccc(NC(C)=O)c3)s2)c1. The molecule has 172 valence electrons. The van der Waals surface area contributed by atoms with Crippen LogP contribution in [0.1, 0.15) is 17.3 Å². The summed E-state index contributed by atoms with van der Waals surface area (Å²) in [6.07, 6.45) is 0. The Morgan fingerprint density at radius 3 is 2.24 bits per heavy atom. The Morgan fingerprint density at radius 1 is 0.939 bits per heavy atom. The number of nitrogens with one attached hydrogen (secondary N) is 3. The van der Waals surface area contributed by atoms with Crippen LogP contribution in [0.25, 0.3) is 0 Å². The van der Waals surface area contributed by atoms with E-state index in [4.69, 9.17) is 9.47 Å². The third-order valence-corrected chi connectivity index (χ3v) is 6.01. The van der Waals surface area contributed by atoms with Crippen LogP contribution in [-0.2, 0) is 9.59 Å². The summed E-state index contributed by atoms with van der Waals surface area (Å²) < 4.78 is 10.9. The summed E-state index contributed by atoms with van der Waals surface area (Å²) in [5, 5.41) is 16.3. The second kappa shape index (κ2) is 11.3. The Labute approximate surface area is 198 Å². The fraction of sp³-hybridized carbons (Fsp3) is 0.190. The van der Waals surface area contributed by atoms with Gasteiger partial charge in [-0.05, 0) is 30.3 Å². The Bertz CT molecular complexity index is 1150. The fourth-order valence-electron chi connectivity index (χ4n) is 2.63. The van der Waals surface area contributed by atoms with Crippen molar-refractivity contribution in [3.05, 3.63) is 48.0 Å². The van der Waals surface area contributed by atoms with E-state index < -0.39 is 5.91 Å². The van der Waals surface area contributed by atoms with E-state index in [1.165, 1.54) is 32.9 Å². The highest BCUT2D eigenvalue weighted by Gasteiger charge is 2.14. The van der Waals surface area contributed by atoms with Gasteiger partial charge in [0.05, 0.1) is 20.0 Å². The molecule has 3 aromatic rings. The summed E-state index contributed by atoms with van der Waals surface area (Å²) in [6, 6.07) is 11.7. The molecule has 0 aliphatic carbocycles. The first-order chi connectivity index (χ1) is 15.9. The van der Waals surface area contributed by atoms with E-state index in [9.17, 15) is 14.4 Å². The van der Waals surface area contributed by atoms with Crippen LogP contribution in [0.3, 0.4) is 0 Å². The van der Waals surface area contributed by atoms with E-state index in [1.807, 2.05) is 0 Å². The summed E-state index contributed by atoms with van der Waals surface area (Å²) >= 11 is 2.34. The average molecular weight is 488 g/mol. The van der Waals surface area contributed by atoms with Crippen molar-refractivity contribution >= 4 is 57.3 Å². The summed E-state index contributed by atoms with van der Waals surface area (Å²) in [4.78, 5) is 36.0. The lowest BCUT2D eigenvalue weighted by Crippen LogP contribution is -2.14. The van der Waals surface area contributed by atoms with Crippen LogP contribution in [0.5, 0.6) is 11.5 Å². The van der Waals surface area contributed by atoms with E-state index in [2.05, 4.69) is 26.1 Å². The van der Waals surface area contributed by atoms with Gasteiger partial charge in [-0.15, -0.1) is 10.2 Å². The van der Waals surface area contributed by atoms with Gasteiger partial charge < -0.3 is 20.1 Å². The lowest BCUT2D eigenvalue weighted by Gasteiger charge is -2.07. The van der Waals surface area contributed by atoms with Gasteiger partial charge in [0.25, 0.3) is 5.91 Å². The van der Waals surface area contributed by atoms with Gasteiger partial charge in [0, 0.05) is 29.9 Å². The van der Waals surface area contributed by atoms with Gasteiger partial charge in [-0.1, -0.05) is 29.2 Å². The first-order valence-electron chi connectivity index (χ1n) is 9.54. The van der Waals surface area contributed by atoms with Gasteiger partial charge in [0.1, 0.15) is 11.5 Å². The maximum absolute atomic E-state index is 12.5. The average Bonchev–Trinajstić information content (AvgIpc) is 3.24. The van der Waals surface area contributed by atoms with E-state index in [1.54, 1.807) is 42.5 Å². The van der Waals surface area contributed by atoms with E-state index >= 15 is 0 Å². The highest BCUT2D eigenvalue weighted by molar-refractivity contribution is 8.01. The molecule has 33 heavy (non-hydrogen) atoms. The molecule has 1 heterocycles. The molecule has 1 aromatic heterocycles. The molecule has 0 saturated carbocycles. The normalized spacial score (nSPS) is 10.3. The van der Waals surface area contributed by atoms with Gasteiger partial charge in [-0.25, -0.2) is 0 Å². The van der Waals surface area contributed by atoms with Crippen molar-refractivity contribution < 1.29 is 23.9 Å². The zero-order valence-electron chi connectivity index (χ0n) is 18.0. The quantitative estimate of drug-likeness (QED) is 0.309. The van der Waals surface area contributed by atoms with Crippen molar-refractivity contribution in [2.75, 3.05) is 35.9 Å². The molecular formula is C21H21N5O5S2. The zero-order valence-corrected chi connectivity index (χ0v) is 19.6. The monoisotopic (exact) mass is 487 g/mol. The standard InChI is InChI=1S/C21H21N5O5S2/c1-12(27)22-14-5-4-6-15(9-14)23-18(28)11-32-21-26-25-20(33-21)24-19(29)13-7-16(30-2)10-17(8-13)31-3/h4-10H,11H2,1-3H3,(H,22,27)(H,23,28)(H,24,25,29). The van der Waals surface area contributed by atoms with E-state index in [0.29, 0.717) is 37.9 Å². The molecular weight excluding hydrogens is 466 g/mol. The van der Waals surface area contributed by atoms with Gasteiger partial charge in [0.2, 0.25) is 16.9 Å². The van der Waals surface area contributed by atoms with Gasteiger partial charge >= 0.3 is 0 Å². The minimum Gasteiger partial charge on any atom is -0.497 e. The molecule has 3 N–H and O–H groups in total. The summed E-state index contributed by atoms with van der Waals surface area (Å²) in [6.45, 7) is 1.41. The highest BCUT2D eigenvalue weighted by Crippen LogP contribution is 2.27. The first kappa shape index (κ1) is 24.0. The Balaban J connectivity index is 1.54. The molecule has 12 heteroatoms. The third-order valence-electron chi connectivity index (χ3n) is 4.03. The van der Waals surface area contributed by atoms with Crippen molar-refractivity contribution in [1.82, 2.24) is 10.2 Å². The zero-order chi connectivity index (χ0) is 23.8. The van der Waals surface area contributed by atoms with Gasteiger partial charge in [-0.3, -0.25) is 19.7 Å². The van der Waals surface area contributed by atoms with Crippen LogP contribution in [0.15, 0.2) is 46.8 Å². The molecule has 3 rings (SSSR count).